The van der Waals surface area contributed by atoms with Crippen LogP contribution in [0.4, 0.5) is 5.82 Å². The second-order valence-electron chi connectivity index (χ2n) is 7.15. The van der Waals surface area contributed by atoms with E-state index in [4.69, 9.17) is 22.0 Å². The zero-order valence-electron chi connectivity index (χ0n) is 14.6. The number of nitrogen functional groups attached to an aromatic ring is 1. The summed E-state index contributed by atoms with van der Waals surface area (Å²) in [4.78, 5) is 4.51. The molecule has 2 unspecified atom stereocenters. The molecule has 0 spiro atoms. The van der Waals surface area contributed by atoms with Crippen LogP contribution in [0.1, 0.15) is 37.8 Å². The van der Waals surface area contributed by atoms with Gasteiger partial charge in [0.15, 0.2) is 0 Å². The molecule has 6 N–H and O–H groups in total. The first-order valence-electron chi connectivity index (χ1n) is 8.68. The van der Waals surface area contributed by atoms with E-state index in [0.29, 0.717) is 17.0 Å². The normalized spacial score (nSPS) is 23.8. The summed E-state index contributed by atoms with van der Waals surface area (Å²) >= 11 is 0. The average Bonchev–Trinajstić information content (AvgIpc) is 3.18. The van der Waals surface area contributed by atoms with Crippen molar-refractivity contribution in [1.29, 1.82) is 5.41 Å². The maximum atomic E-state index is 10.6. The fourth-order valence-corrected chi connectivity index (χ4v) is 3.87. The van der Waals surface area contributed by atoms with Crippen LogP contribution in [0.5, 0.6) is 0 Å². The van der Waals surface area contributed by atoms with Gasteiger partial charge in [0.25, 0.3) is 0 Å². The molecule has 1 saturated carbocycles. The lowest BCUT2D eigenvalue weighted by atomic mass is 10.0. The molecule has 2 aromatic heterocycles. The Morgan fingerprint density at radius 2 is 2.23 bits per heavy atom. The number of aliphatic hydroxyl groups is 1. The van der Waals surface area contributed by atoms with Gasteiger partial charge in [0.05, 0.1) is 22.5 Å². The average molecular weight is 350 g/mol. The molecule has 3 aromatic rings. The van der Waals surface area contributed by atoms with Crippen LogP contribution in [0, 0.1) is 5.41 Å². The molecular weight excluding hydrogens is 328 g/mol. The van der Waals surface area contributed by atoms with E-state index < -0.39 is 5.60 Å². The summed E-state index contributed by atoms with van der Waals surface area (Å²) in [5, 5.41) is 24.2. The number of fused-ring (bicyclic) bond motifs is 3. The van der Waals surface area contributed by atoms with Crippen LogP contribution in [0.3, 0.4) is 0 Å². The second kappa shape index (κ2) is 5.81. The quantitative estimate of drug-likeness (QED) is 0.540. The lowest BCUT2D eigenvalue weighted by molar-refractivity contribution is 0.0224. The molecular formula is C19H22N6O. The molecule has 134 valence electrons. The van der Waals surface area contributed by atoms with Crippen molar-refractivity contribution in [3.63, 3.8) is 0 Å². The smallest absolute Gasteiger partial charge is 0.135 e. The first-order chi connectivity index (χ1) is 12.4. The maximum Gasteiger partial charge on any atom is 0.135 e. The summed E-state index contributed by atoms with van der Waals surface area (Å²) in [7, 11) is 0. The minimum Gasteiger partial charge on any atom is -0.398 e. The van der Waals surface area contributed by atoms with Gasteiger partial charge in [-0.3, -0.25) is 4.68 Å². The first kappa shape index (κ1) is 16.5. The highest BCUT2D eigenvalue weighted by Gasteiger charge is 2.38. The Balaban J connectivity index is 1.90. The molecule has 7 heteroatoms. The van der Waals surface area contributed by atoms with Crippen LogP contribution in [0.15, 0.2) is 30.5 Å². The monoisotopic (exact) mass is 350 g/mol. The molecule has 0 aliphatic heterocycles. The van der Waals surface area contributed by atoms with E-state index in [1.165, 1.54) is 6.08 Å². The highest BCUT2D eigenvalue weighted by Crippen LogP contribution is 2.40. The van der Waals surface area contributed by atoms with E-state index in [2.05, 4.69) is 4.98 Å². The first-order valence-corrected chi connectivity index (χ1v) is 8.68. The molecule has 1 aliphatic carbocycles. The highest BCUT2D eigenvalue weighted by molar-refractivity contribution is 6.08. The van der Waals surface area contributed by atoms with Crippen molar-refractivity contribution in [2.24, 2.45) is 5.73 Å². The third kappa shape index (κ3) is 2.52. The number of rotatable bonds is 3. The fraction of sp³-hybridized carbons (Fsp3) is 0.316. The van der Waals surface area contributed by atoms with Crippen molar-refractivity contribution in [2.45, 2.75) is 37.8 Å². The second-order valence-corrected chi connectivity index (χ2v) is 7.15. The molecule has 0 bridgehead atoms. The van der Waals surface area contributed by atoms with Gasteiger partial charge in [-0.25, -0.2) is 4.98 Å². The van der Waals surface area contributed by atoms with Crippen LogP contribution in [-0.4, -0.2) is 31.7 Å². The highest BCUT2D eigenvalue weighted by atomic mass is 16.3. The summed E-state index contributed by atoms with van der Waals surface area (Å²) in [5.74, 6) is 0.406. The van der Waals surface area contributed by atoms with Crippen molar-refractivity contribution in [3.05, 3.63) is 36.0 Å². The fourth-order valence-electron chi connectivity index (χ4n) is 3.87. The molecule has 1 aromatic carbocycles. The predicted octanol–water partition coefficient (Wildman–Crippen LogP) is 2.59. The third-order valence-electron chi connectivity index (χ3n) is 5.30. The summed E-state index contributed by atoms with van der Waals surface area (Å²) in [6, 6.07) is 5.61. The minimum atomic E-state index is -0.765. The van der Waals surface area contributed by atoms with Crippen molar-refractivity contribution in [2.75, 3.05) is 5.73 Å². The summed E-state index contributed by atoms with van der Waals surface area (Å²) in [6.45, 7) is 1.86. The van der Waals surface area contributed by atoms with Crippen LogP contribution in [0.2, 0.25) is 0 Å². The molecule has 0 radical (unpaired) electrons. The third-order valence-corrected chi connectivity index (χ3v) is 5.30. The largest absolute Gasteiger partial charge is 0.398 e. The Kier molecular flexibility index (Phi) is 3.69. The van der Waals surface area contributed by atoms with E-state index in [0.717, 1.165) is 47.3 Å². The maximum absolute atomic E-state index is 10.6. The number of benzene rings is 1. The predicted molar refractivity (Wildman–Crippen MR) is 104 cm³/mol. The number of hydrogen-bond acceptors (Lipinski definition) is 6. The Morgan fingerprint density at radius 3 is 2.92 bits per heavy atom. The van der Waals surface area contributed by atoms with Crippen molar-refractivity contribution < 1.29 is 5.11 Å². The van der Waals surface area contributed by atoms with Gasteiger partial charge < -0.3 is 22.0 Å². The van der Waals surface area contributed by atoms with E-state index in [-0.39, 0.29) is 6.04 Å². The van der Waals surface area contributed by atoms with Crippen molar-refractivity contribution in [1.82, 2.24) is 14.8 Å². The van der Waals surface area contributed by atoms with Crippen LogP contribution < -0.4 is 11.5 Å². The molecule has 1 fully saturated rings. The molecule has 1 aliphatic rings. The van der Waals surface area contributed by atoms with E-state index >= 15 is 0 Å². The molecule has 7 nitrogen and oxygen atoms in total. The van der Waals surface area contributed by atoms with E-state index in [1.807, 2.05) is 36.0 Å². The number of hydrogen-bond donors (Lipinski definition) is 4. The Hall–Kier alpha value is -2.93. The lowest BCUT2D eigenvalue weighted by Gasteiger charge is -2.25. The zero-order valence-corrected chi connectivity index (χ0v) is 14.6. The molecule has 2 heterocycles. The number of nitrogens with zero attached hydrogens (tertiary/aromatic N) is 3. The lowest BCUT2D eigenvalue weighted by Crippen LogP contribution is -2.31. The van der Waals surface area contributed by atoms with Gasteiger partial charge in [0.2, 0.25) is 0 Å². The van der Waals surface area contributed by atoms with Crippen LogP contribution in [0.25, 0.3) is 27.5 Å². The number of nitrogens with two attached hydrogens (primary N) is 2. The molecule has 4 rings (SSSR count). The standard InChI is InChI=1S/C19H22N6O/c1-19(26)7-2-3-16(19)25-10-13-17(24-25)12-5-4-11(14(21)6-8-20)9-15(12)23-18(13)22/h4-6,8-10,16,20,26H,2-3,7,21H2,1H3,(H2,22,23). The van der Waals surface area contributed by atoms with E-state index in [1.54, 1.807) is 0 Å². The van der Waals surface area contributed by atoms with Gasteiger partial charge >= 0.3 is 0 Å². The van der Waals surface area contributed by atoms with Crippen molar-refractivity contribution >= 4 is 39.5 Å². The van der Waals surface area contributed by atoms with Gasteiger partial charge in [0, 0.05) is 23.5 Å². The summed E-state index contributed by atoms with van der Waals surface area (Å²) in [5.41, 5.74) is 14.1. The number of pyridine rings is 1. The Labute approximate surface area is 150 Å². The summed E-state index contributed by atoms with van der Waals surface area (Å²) in [6.07, 6.45) is 7.20. The number of anilines is 1. The number of allylic oxidation sites excluding steroid dienone is 1. The van der Waals surface area contributed by atoms with Gasteiger partial charge in [-0.15, -0.1) is 0 Å². The van der Waals surface area contributed by atoms with Gasteiger partial charge in [-0.1, -0.05) is 6.07 Å². The Morgan fingerprint density at radius 1 is 1.42 bits per heavy atom. The van der Waals surface area contributed by atoms with Gasteiger partial charge in [0.1, 0.15) is 11.3 Å². The summed E-state index contributed by atoms with van der Waals surface area (Å²) < 4.78 is 1.84. The van der Waals surface area contributed by atoms with E-state index in [9.17, 15) is 5.11 Å². The topological polar surface area (TPSA) is 127 Å². The minimum absolute atomic E-state index is 0.0604. The SMILES string of the molecule is CC1(O)CCCC1n1cc2c(N)nc3cc(C(N)=CC=N)ccc3c2n1. The molecule has 26 heavy (non-hydrogen) atoms. The van der Waals surface area contributed by atoms with Gasteiger partial charge in [-0.2, -0.15) is 5.10 Å². The molecule has 0 saturated heterocycles. The zero-order chi connectivity index (χ0) is 18.5. The Bertz CT molecular complexity index is 1050. The van der Waals surface area contributed by atoms with Crippen LogP contribution in [-0.2, 0) is 0 Å². The van der Waals surface area contributed by atoms with Gasteiger partial charge in [-0.05, 0) is 50.0 Å². The number of nitrogens with one attached hydrogen (secondary N) is 1. The molecule has 0 amide bonds. The van der Waals surface area contributed by atoms with Crippen LogP contribution >= 0.6 is 0 Å². The number of aromatic nitrogens is 3. The van der Waals surface area contributed by atoms with Crippen molar-refractivity contribution in [3.8, 4) is 0 Å². The molecule has 2 atom stereocenters.